The maximum atomic E-state index is 5.96. The monoisotopic (exact) mass is 243 g/mol. The van der Waals surface area contributed by atoms with E-state index in [1.165, 1.54) is 6.21 Å². The molecule has 6 heteroatoms. The van der Waals surface area contributed by atoms with Gasteiger partial charge in [-0.05, 0) is 24.4 Å². The van der Waals surface area contributed by atoms with E-state index in [2.05, 4.69) is 22.7 Å². The third-order valence-electron chi connectivity index (χ3n) is 1.60. The molecule has 0 spiro atoms. The van der Waals surface area contributed by atoms with E-state index in [4.69, 9.17) is 22.1 Å². The smallest absolute Gasteiger partial charge is 0.184 e. The lowest BCUT2D eigenvalue weighted by Crippen LogP contribution is -2.24. The first-order valence-electron chi connectivity index (χ1n) is 4.06. The number of rotatable bonds is 3. The highest BCUT2D eigenvalue weighted by Crippen LogP contribution is 2.23. The quantitative estimate of drug-likeness (QED) is 0.480. The molecule has 1 aromatic carbocycles. The average molecular weight is 244 g/mol. The predicted octanol–water partition coefficient (Wildman–Crippen LogP) is 1.52. The Morgan fingerprint density at radius 1 is 1.67 bits per heavy atom. The third kappa shape index (κ3) is 3.38. The van der Waals surface area contributed by atoms with Gasteiger partial charge < -0.3 is 10.5 Å². The molecule has 0 aliphatic rings. The number of nitrogens with two attached hydrogens (primary N) is 1. The lowest BCUT2D eigenvalue weighted by Gasteiger charge is -2.05. The Bertz CT molecular complexity index is 395. The van der Waals surface area contributed by atoms with E-state index in [-0.39, 0.29) is 5.11 Å². The summed E-state index contributed by atoms with van der Waals surface area (Å²) in [5.41, 5.74) is 8.32. The Labute approximate surface area is 98.1 Å². The molecule has 0 amide bonds. The molecule has 0 radical (unpaired) electrons. The molecule has 0 atom stereocenters. The summed E-state index contributed by atoms with van der Waals surface area (Å²) in [7, 11) is 1.56. The Morgan fingerprint density at radius 3 is 3.00 bits per heavy atom. The Kier molecular flexibility index (Phi) is 4.33. The van der Waals surface area contributed by atoms with Crippen molar-refractivity contribution in [3.8, 4) is 5.75 Å². The van der Waals surface area contributed by atoms with Gasteiger partial charge >= 0.3 is 0 Å². The Balaban J connectivity index is 2.92. The van der Waals surface area contributed by atoms with Crippen molar-refractivity contribution in [2.24, 2.45) is 10.8 Å². The van der Waals surface area contributed by atoms with Gasteiger partial charge in [0.05, 0.1) is 23.9 Å². The van der Waals surface area contributed by atoms with Crippen LogP contribution in [-0.2, 0) is 0 Å². The SMILES string of the molecule is COc1cccc(Cl)c1/C=N/NC(N)=S. The first-order valence-corrected chi connectivity index (χ1v) is 4.84. The summed E-state index contributed by atoms with van der Waals surface area (Å²) < 4.78 is 5.12. The summed E-state index contributed by atoms with van der Waals surface area (Å²) in [6.45, 7) is 0. The summed E-state index contributed by atoms with van der Waals surface area (Å²) >= 11 is 10.6. The van der Waals surface area contributed by atoms with Crippen LogP contribution in [0.25, 0.3) is 0 Å². The molecule has 0 aliphatic carbocycles. The van der Waals surface area contributed by atoms with Crippen molar-refractivity contribution < 1.29 is 4.74 Å². The van der Waals surface area contributed by atoms with Crippen molar-refractivity contribution in [1.82, 2.24) is 5.43 Å². The van der Waals surface area contributed by atoms with E-state index in [0.29, 0.717) is 16.3 Å². The molecule has 0 fully saturated rings. The van der Waals surface area contributed by atoms with Crippen LogP contribution in [0.3, 0.4) is 0 Å². The number of hydrazone groups is 1. The summed E-state index contributed by atoms with van der Waals surface area (Å²) in [5, 5.41) is 4.44. The van der Waals surface area contributed by atoms with E-state index >= 15 is 0 Å². The van der Waals surface area contributed by atoms with Crippen LogP contribution in [0.1, 0.15) is 5.56 Å². The molecule has 0 saturated heterocycles. The van der Waals surface area contributed by atoms with E-state index in [0.717, 1.165) is 0 Å². The van der Waals surface area contributed by atoms with Crippen molar-refractivity contribution >= 4 is 35.1 Å². The molecule has 4 nitrogen and oxygen atoms in total. The van der Waals surface area contributed by atoms with E-state index in [1.54, 1.807) is 25.3 Å². The molecule has 0 saturated carbocycles. The molecule has 0 unspecified atom stereocenters. The van der Waals surface area contributed by atoms with E-state index in [9.17, 15) is 0 Å². The van der Waals surface area contributed by atoms with Gasteiger partial charge in [-0.25, -0.2) is 0 Å². The minimum atomic E-state index is 0.0947. The fourth-order valence-electron chi connectivity index (χ4n) is 0.981. The second-order valence-electron chi connectivity index (χ2n) is 2.59. The van der Waals surface area contributed by atoms with Crippen LogP contribution in [0, 0.1) is 0 Å². The topological polar surface area (TPSA) is 59.6 Å². The first kappa shape index (κ1) is 11.7. The minimum absolute atomic E-state index is 0.0947. The highest BCUT2D eigenvalue weighted by Gasteiger charge is 2.04. The second-order valence-corrected chi connectivity index (χ2v) is 3.44. The van der Waals surface area contributed by atoms with Gasteiger partial charge in [-0.3, -0.25) is 5.43 Å². The van der Waals surface area contributed by atoms with Crippen molar-refractivity contribution in [3.63, 3.8) is 0 Å². The minimum Gasteiger partial charge on any atom is -0.496 e. The number of hydrogen-bond donors (Lipinski definition) is 2. The van der Waals surface area contributed by atoms with Gasteiger partial charge in [-0.2, -0.15) is 5.10 Å². The number of methoxy groups -OCH3 is 1. The standard InChI is InChI=1S/C9H10ClN3OS/c1-14-8-4-2-3-7(10)6(8)5-12-13-9(11)15/h2-5H,1H3,(H3,11,13,15)/b12-5+. The van der Waals surface area contributed by atoms with Crippen LogP contribution in [0.15, 0.2) is 23.3 Å². The number of nitrogens with one attached hydrogen (secondary N) is 1. The molecule has 15 heavy (non-hydrogen) atoms. The molecule has 1 aromatic rings. The third-order valence-corrected chi connectivity index (χ3v) is 2.02. The van der Waals surface area contributed by atoms with Gasteiger partial charge in [0.1, 0.15) is 5.75 Å². The normalized spacial score (nSPS) is 10.3. The molecular formula is C9H10ClN3OS. The summed E-state index contributed by atoms with van der Waals surface area (Å²) in [6.07, 6.45) is 1.50. The van der Waals surface area contributed by atoms with Gasteiger partial charge in [-0.1, -0.05) is 17.7 Å². The lowest BCUT2D eigenvalue weighted by molar-refractivity contribution is 0.414. The van der Waals surface area contributed by atoms with E-state index < -0.39 is 0 Å². The number of halogens is 1. The number of benzene rings is 1. The second kappa shape index (κ2) is 5.53. The Morgan fingerprint density at radius 2 is 2.40 bits per heavy atom. The number of nitrogens with zero attached hydrogens (tertiary/aromatic N) is 1. The molecular weight excluding hydrogens is 234 g/mol. The zero-order valence-electron chi connectivity index (χ0n) is 8.03. The predicted molar refractivity (Wildman–Crippen MR) is 65.5 cm³/mol. The summed E-state index contributed by atoms with van der Waals surface area (Å²) in [6, 6.07) is 5.32. The molecule has 0 aliphatic heterocycles. The number of thiocarbonyl (C=S) groups is 1. The van der Waals surface area contributed by atoms with Crippen molar-refractivity contribution in [3.05, 3.63) is 28.8 Å². The molecule has 0 aromatic heterocycles. The van der Waals surface area contributed by atoms with Gasteiger partial charge in [0, 0.05) is 0 Å². The van der Waals surface area contributed by atoms with E-state index in [1.807, 2.05) is 0 Å². The fourth-order valence-corrected chi connectivity index (χ4v) is 1.25. The molecule has 0 bridgehead atoms. The van der Waals surface area contributed by atoms with Crippen LogP contribution >= 0.6 is 23.8 Å². The van der Waals surface area contributed by atoms with Crippen LogP contribution < -0.4 is 15.9 Å². The highest BCUT2D eigenvalue weighted by molar-refractivity contribution is 7.80. The number of ether oxygens (including phenoxy) is 1. The maximum Gasteiger partial charge on any atom is 0.184 e. The maximum absolute atomic E-state index is 5.96. The van der Waals surface area contributed by atoms with Crippen molar-refractivity contribution in [1.29, 1.82) is 0 Å². The summed E-state index contributed by atoms with van der Waals surface area (Å²) in [4.78, 5) is 0. The van der Waals surface area contributed by atoms with Crippen LogP contribution in [-0.4, -0.2) is 18.4 Å². The number of hydrogen-bond acceptors (Lipinski definition) is 3. The van der Waals surface area contributed by atoms with Crippen molar-refractivity contribution in [2.75, 3.05) is 7.11 Å². The lowest BCUT2D eigenvalue weighted by atomic mass is 10.2. The Hall–Kier alpha value is -1.33. The molecule has 80 valence electrons. The van der Waals surface area contributed by atoms with Gasteiger partial charge in [0.25, 0.3) is 0 Å². The molecule has 1 rings (SSSR count). The zero-order chi connectivity index (χ0) is 11.3. The largest absolute Gasteiger partial charge is 0.496 e. The van der Waals surface area contributed by atoms with Gasteiger partial charge in [0.15, 0.2) is 5.11 Å². The molecule has 0 heterocycles. The van der Waals surface area contributed by atoms with Crippen LogP contribution in [0.2, 0.25) is 5.02 Å². The highest BCUT2D eigenvalue weighted by atomic mass is 35.5. The van der Waals surface area contributed by atoms with Crippen LogP contribution in [0.5, 0.6) is 5.75 Å². The zero-order valence-corrected chi connectivity index (χ0v) is 9.60. The average Bonchev–Trinajstić information content (AvgIpc) is 2.20. The van der Waals surface area contributed by atoms with Crippen LogP contribution in [0.4, 0.5) is 0 Å². The first-order chi connectivity index (χ1) is 7.15. The fraction of sp³-hybridized carbons (Fsp3) is 0.111. The van der Waals surface area contributed by atoms with Gasteiger partial charge in [-0.15, -0.1) is 0 Å². The molecule has 3 N–H and O–H groups in total. The summed E-state index contributed by atoms with van der Waals surface area (Å²) in [5.74, 6) is 0.635. The van der Waals surface area contributed by atoms with Crippen molar-refractivity contribution in [2.45, 2.75) is 0 Å². The van der Waals surface area contributed by atoms with Gasteiger partial charge in [0.2, 0.25) is 0 Å².